The summed E-state index contributed by atoms with van der Waals surface area (Å²) in [6.45, 7) is 1.29. The van der Waals surface area contributed by atoms with Crippen molar-refractivity contribution in [1.29, 1.82) is 0 Å². The fourth-order valence-corrected chi connectivity index (χ4v) is 4.02. The van der Waals surface area contributed by atoms with E-state index in [0.29, 0.717) is 18.8 Å². The molecule has 25 heavy (non-hydrogen) atoms. The molecule has 2 aromatic carbocycles. The number of aromatic amines is 1. The van der Waals surface area contributed by atoms with Gasteiger partial charge in [-0.05, 0) is 42.3 Å². The predicted molar refractivity (Wildman–Crippen MR) is 101 cm³/mol. The number of aromatic nitrogens is 1. The summed E-state index contributed by atoms with van der Waals surface area (Å²) in [5.74, 6) is 0.337. The maximum atomic E-state index is 12.9. The van der Waals surface area contributed by atoms with Gasteiger partial charge < -0.3 is 14.3 Å². The number of amides is 1. The predicted octanol–water partition coefficient (Wildman–Crippen LogP) is 4.88. The number of carbonyl (C=O) groups excluding carboxylic acids is 1. The van der Waals surface area contributed by atoms with Crippen LogP contribution < -0.4 is 0 Å². The van der Waals surface area contributed by atoms with Crippen molar-refractivity contribution in [3.63, 3.8) is 0 Å². The first kappa shape index (κ1) is 14.8. The van der Waals surface area contributed by atoms with Crippen LogP contribution >= 0.6 is 15.9 Å². The molecule has 4 aromatic rings. The summed E-state index contributed by atoms with van der Waals surface area (Å²) in [5.41, 5.74) is 4.32. The van der Waals surface area contributed by atoms with E-state index in [4.69, 9.17) is 4.42 Å². The number of hydrogen-bond donors (Lipinski definition) is 1. The average molecular weight is 395 g/mol. The minimum Gasteiger partial charge on any atom is -0.451 e. The highest BCUT2D eigenvalue weighted by molar-refractivity contribution is 9.10. The van der Waals surface area contributed by atoms with Gasteiger partial charge in [-0.2, -0.15) is 0 Å². The summed E-state index contributed by atoms with van der Waals surface area (Å²) in [4.78, 5) is 18.2. The number of fused-ring (bicyclic) bond motifs is 4. The van der Waals surface area contributed by atoms with Crippen LogP contribution in [0.2, 0.25) is 0 Å². The number of benzene rings is 2. The van der Waals surface area contributed by atoms with E-state index < -0.39 is 0 Å². The lowest BCUT2D eigenvalue weighted by Crippen LogP contribution is -2.35. The van der Waals surface area contributed by atoms with Gasteiger partial charge in [0, 0.05) is 33.0 Å². The molecule has 5 rings (SSSR count). The second kappa shape index (κ2) is 5.49. The van der Waals surface area contributed by atoms with Crippen LogP contribution in [0, 0.1) is 0 Å². The highest BCUT2D eigenvalue weighted by atomic mass is 79.9. The standard InChI is InChI=1S/C20H15BrN2O2/c21-13-5-6-18-12(9-13)10-19(25-18)20(24)23-8-7-15-14-3-1-2-4-16(14)22-17(15)11-23/h1-6,9-10,22H,7-8,11H2. The van der Waals surface area contributed by atoms with Gasteiger partial charge in [-0.15, -0.1) is 0 Å². The SMILES string of the molecule is O=C(c1cc2cc(Br)ccc2o1)N1CCc2c([nH]c3ccccc23)C1. The summed E-state index contributed by atoms with van der Waals surface area (Å²) in [5, 5.41) is 2.19. The molecule has 3 heterocycles. The maximum Gasteiger partial charge on any atom is 0.289 e. The molecule has 0 saturated heterocycles. The molecule has 0 saturated carbocycles. The zero-order chi connectivity index (χ0) is 17.0. The van der Waals surface area contributed by atoms with E-state index in [1.165, 1.54) is 10.9 Å². The molecule has 0 aliphatic carbocycles. The van der Waals surface area contributed by atoms with Crippen molar-refractivity contribution in [3.8, 4) is 0 Å². The normalized spacial score (nSPS) is 14.2. The zero-order valence-corrected chi connectivity index (χ0v) is 15.0. The van der Waals surface area contributed by atoms with E-state index in [2.05, 4.69) is 39.1 Å². The van der Waals surface area contributed by atoms with Crippen molar-refractivity contribution in [3.05, 3.63) is 70.0 Å². The molecule has 1 amide bonds. The van der Waals surface area contributed by atoms with Crippen molar-refractivity contribution in [2.45, 2.75) is 13.0 Å². The molecule has 1 aliphatic heterocycles. The molecular weight excluding hydrogens is 380 g/mol. The van der Waals surface area contributed by atoms with Gasteiger partial charge in [-0.25, -0.2) is 0 Å². The Balaban J connectivity index is 1.48. The molecule has 0 radical (unpaired) electrons. The number of nitrogens with zero attached hydrogens (tertiary/aromatic N) is 1. The zero-order valence-electron chi connectivity index (χ0n) is 13.4. The first-order chi connectivity index (χ1) is 12.2. The number of hydrogen-bond acceptors (Lipinski definition) is 2. The maximum absolute atomic E-state index is 12.9. The quantitative estimate of drug-likeness (QED) is 0.500. The number of halogens is 1. The van der Waals surface area contributed by atoms with Crippen molar-refractivity contribution in [1.82, 2.24) is 9.88 Å². The van der Waals surface area contributed by atoms with E-state index in [0.717, 1.165) is 33.1 Å². The fourth-order valence-electron chi connectivity index (χ4n) is 3.64. The summed E-state index contributed by atoms with van der Waals surface area (Å²) < 4.78 is 6.74. The molecule has 0 unspecified atom stereocenters. The monoisotopic (exact) mass is 394 g/mol. The van der Waals surface area contributed by atoms with Crippen LogP contribution in [0.25, 0.3) is 21.9 Å². The second-order valence-electron chi connectivity index (χ2n) is 6.40. The third-order valence-electron chi connectivity index (χ3n) is 4.86. The topological polar surface area (TPSA) is 49.2 Å². The van der Waals surface area contributed by atoms with Crippen LogP contribution in [0.1, 0.15) is 21.8 Å². The third-order valence-corrected chi connectivity index (χ3v) is 5.35. The highest BCUT2D eigenvalue weighted by Crippen LogP contribution is 2.29. The van der Waals surface area contributed by atoms with Crippen molar-refractivity contribution < 1.29 is 9.21 Å². The Labute approximate surface area is 152 Å². The van der Waals surface area contributed by atoms with E-state index in [9.17, 15) is 4.79 Å². The van der Waals surface area contributed by atoms with Crippen LogP contribution in [0.3, 0.4) is 0 Å². The van der Waals surface area contributed by atoms with Crippen molar-refractivity contribution >= 4 is 43.7 Å². The molecule has 5 heteroatoms. The van der Waals surface area contributed by atoms with Crippen LogP contribution in [-0.2, 0) is 13.0 Å². The van der Waals surface area contributed by atoms with Gasteiger partial charge >= 0.3 is 0 Å². The van der Waals surface area contributed by atoms with Gasteiger partial charge in [0.1, 0.15) is 5.58 Å². The largest absolute Gasteiger partial charge is 0.451 e. The number of carbonyl (C=O) groups is 1. The first-order valence-electron chi connectivity index (χ1n) is 8.26. The highest BCUT2D eigenvalue weighted by Gasteiger charge is 2.26. The van der Waals surface area contributed by atoms with Gasteiger partial charge in [-0.1, -0.05) is 34.1 Å². The molecule has 0 atom stereocenters. The Morgan fingerprint density at radius 3 is 2.96 bits per heavy atom. The molecule has 0 bridgehead atoms. The van der Waals surface area contributed by atoms with E-state index in [-0.39, 0.29) is 5.91 Å². The number of rotatable bonds is 1. The van der Waals surface area contributed by atoms with Gasteiger partial charge in [0.25, 0.3) is 5.91 Å². The molecule has 124 valence electrons. The molecular formula is C20H15BrN2O2. The van der Waals surface area contributed by atoms with Crippen LogP contribution in [0.4, 0.5) is 0 Å². The Kier molecular flexibility index (Phi) is 3.25. The number of H-pyrrole nitrogens is 1. The smallest absolute Gasteiger partial charge is 0.289 e. The summed E-state index contributed by atoms with van der Waals surface area (Å²) in [6.07, 6.45) is 0.858. The molecule has 0 fully saturated rings. The first-order valence-corrected chi connectivity index (χ1v) is 9.05. The van der Waals surface area contributed by atoms with Gasteiger partial charge in [-0.3, -0.25) is 4.79 Å². The lowest BCUT2D eigenvalue weighted by Gasteiger charge is -2.26. The lowest BCUT2D eigenvalue weighted by molar-refractivity contribution is 0.0703. The number of furan rings is 1. The van der Waals surface area contributed by atoms with Crippen LogP contribution in [0.5, 0.6) is 0 Å². The Hall–Kier alpha value is -2.53. The minimum atomic E-state index is -0.0587. The Morgan fingerprint density at radius 2 is 2.04 bits per heavy atom. The lowest BCUT2D eigenvalue weighted by atomic mass is 10.0. The molecule has 1 N–H and O–H groups in total. The molecule has 1 aliphatic rings. The second-order valence-corrected chi connectivity index (χ2v) is 7.31. The van der Waals surface area contributed by atoms with E-state index in [1.807, 2.05) is 35.2 Å². The molecule has 2 aromatic heterocycles. The van der Waals surface area contributed by atoms with Gasteiger partial charge in [0.2, 0.25) is 0 Å². The summed E-state index contributed by atoms with van der Waals surface area (Å²) >= 11 is 3.45. The Morgan fingerprint density at radius 1 is 1.16 bits per heavy atom. The molecule has 4 nitrogen and oxygen atoms in total. The van der Waals surface area contributed by atoms with Crippen LogP contribution in [-0.4, -0.2) is 22.3 Å². The fraction of sp³-hybridized carbons (Fsp3) is 0.150. The molecule has 0 spiro atoms. The third kappa shape index (κ3) is 2.38. The summed E-state index contributed by atoms with van der Waals surface area (Å²) in [6, 6.07) is 15.9. The average Bonchev–Trinajstić information content (AvgIpc) is 3.21. The van der Waals surface area contributed by atoms with Crippen molar-refractivity contribution in [2.75, 3.05) is 6.54 Å². The van der Waals surface area contributed by atoms with E-state index >= 15 is 0 Å². The van der Waals surface area contributed by atoms with Crippen LogP contribution in [0.15, 0.2) is 57.4 Å². The Bertz CT molecular complexity index is 1130. The summed E-state index contributed by atoms with van der Waals surface area (Å²) in [7, 11) is 0. The van der Waals surface area contributed by atoms with Gasteiger partial charge in [0.15, 0.2) is 5.76 Å². The van der Waals surface area contributed by atoms with E-state index in [1.54, 1.807) is 0 Å². The minimum absolute atomic E-state index is 0.0587. The number of nitrogens with one attached hydrogen (secondary N) is 1. The van der Waals surface area contributed by atoms with Crippen molar-refractivity contribution in [2.24, 2.45) is 0 Å². The van der Waals surface area contributed by atoms with Gasteiger partial charge in [0.05, 0.1) is 6.54 Å². The number of para-hydroxylation sites is 1.